The molecule has 1 aliphatic heterocycles. The van der Waals surface area contributed by atoms with Gasteiger partial charge in [-0.1, -0.05) is 0 Å². The Morgan fingerprint density at radius 2 is 2.44 bits per heavy atom. The summed E-state index contributed by atoms with van der Waals surface area (Å²) in [5.74, 6) is 0. The molecule has 0 bridgehead atoms. The topological polar surface area (TPSA) is 56.3 Å². The summed E-state index contributed by atoms with van der Waals surface area (Å²) < 4.78 is 7.64. The number of nitrogens with two attached hydrogens (primary N) is 1. The number of nitrogens with zero attached hydrogens (tertiary/aromatic N) is 3. The van der Waals surface area contributed by atoms with Gasteiger partial charge in [0.1, 0.15) is 0 Å². The second-order valence-corrected chi connectivity index (χ2v) is 4.20. The number of aryl methyl sites for hydroxylation is 1. The van der Waals surface area contributed by atoms with Crippen molar-refractivity contribution in [2.45, 2.75) is 25.6 Å². The van der Waals surface area contributed by atoms with E-state index in [1.807, 2.05) is 10.9 Å². The number of ether oxygens (including phenoxy) is 1. The van der Waals surface area contributed by atoms with Crippen molar-refractivity contribution in [3.05, 3.63) is 18.0 Å². The van der Waals surface area contributed by atoms with Crippen LogP contribution < -0.4 is 5.73 Å². The van der Waals surface area contributed by atoms with Gasteiger partial charge in [0, 0.05) is 31.4 Å². The Morgan fingerprint density at radius 3 is 3.06 bits per heavy atom. The van der Waals surface area contributed by atoms with Gasteiger partial charge in [0.15, 0.2) is 0 Å². The molecule has 2 atom stereocenters. The van der Waals surface area contributed by atoms with E-state index in [0.717, 1.165) is 19.7 Å². The maximum Gasteiger partial charge on any atom is 0.0895 e. The van der Waals surface area contributed by atoms with Crippen LogP contribution in [0.2, 0.25) is 0 Å². The number of hydrogen-bond donors (Lipinski definition) is 1. The molecule has 0 saturated carbocycles. The third-order valence-corrected chi connectivity index (χ3v) is 3.15. The van der Waals surface area contributed by atoms with E-state index in [1.165, 1.54) is 5.56 Å². The van der Waals surface area contributed by atoms with Crippen molar-refractivity contribution in [2.75, 3.05) is 26.7 Å². The van der Waals surface area contributed by atoms with Crippen LogP contribution >= 0.6 is 0 Å². The molecular formula is C11H20N4O. The molecule has 0 aromatic carbocycles. The molecule has 1 aromatic heterocycles. The fraction of sp³-hybridized carbons (Fsp3) is 0.727. The lowest BCUT2D eigenvalue weighted by molar-refractivity contribution is -0.0576. The fourth-order valence-electron chi connectivity index (χ4n) is 2.23. The van der Waals surface area contributed by atoms with Gasteiger partial charge in [0.05, 0.1) is 24.9 Å². The van der Waals surface area contributed by atoms with Crippen LogP contribution in [0.1, 0.15) is 18.5 Å². The highest BCUT2D eigenvalue weighted by Crippen LogP contribution is 2.27. The highest BCUT2D eigenvalue weighted by Gasteiger charge is 2.31. The summed E-state index contributed by atoms with van der Waals surface area (Å²) in [5.41, 5.74) is 6.95. The first-order valence-corrected chi connectivity index (χ1v) is 5.80. The van der Waals surface area contributed by atoms with E-state index in [0.29, 0.717) is 6.54 Å². The predicted octanol–water partition coefficient (Wildman–Crippen LogP) is 0.233. The summed E-state index contributed by atoms with van der Waals surface area (Å²) >= 11 is 0. The van der Waals surface area contributed by atoms with Crippen LogP contribution in [-0.4, -0.2) is 47.5 Å². The average molecular weight is 224 g/mol. The van der Waals surface area contributed by atoms with E-state index in [1.54, 1.807) is 0 Å². The molecule has 90 valence electrons. The first-order valence-electron chi connectivity index (χ1n) is 5.80. The molecule has 0 aliphatic carbocycles. The number of aromatic nitrogens is 2. The summed E-state index contributed by atoms with van der Waals surface area (Å²) in [6, 6.07) is 0.235. The summed E-state index contributed by atoms with van der Waals surface area (Å²) in [6.07, 6.45) is 4.08. The third kappa shape index (κ3) is 2.11. The Morgan fingerprint density at radius 1 is 1.62 bits per heavy atom. The van der Waals surface area contributed by atoms with Crippen molar-refractivity contribution in [1.82, 2.24) is 14.7 Å². The summed E-state index contributed by atoms with van der Waals surface area (Å²) in [5, 5.41) is 4.31. The van der Waals surface area contributed by atoms with Crippen LogP contribution in [0.3, 0.4) is 0 Å². The normalized spacial score (nSPS) is 27.2. The van der Waals surface area contributed by atoms with Gasteiger partial charge >= 0.3 is 0 Å². The molecule has 2 N–H and O–H groups in total. The first kappa shape index (κ1) is 11.6. The van der Waals surface area contributed by atoms with E-state index in [9.17, 15) is 0 Å². The minimum absolute atomic E-state index is 0.0771. The maximum absolute atomic E-state index is 5.75. The largest absolute Gasteiger partial charge is 0.374 e. The van der Waals surface area contributed by atoms with E-state index in [4.69, 9.17) is 10.5 Å². The van der Waals surface area contributed by atoms with Crippen molar-refractivity contribution in [1.29, 1.82) is 0 Å². The van der Waals surface area contributed by atoms with Gasteiger partial charge in [-0.3, -0.25) is 9.58 Å². The van der Waals surface area contributed by atoms with Crippen LogP contribution in [0.4, 0.5) is 0 Å². The number of likely N-dealkylation sites (N-methyl/N-ethyl adjacent to an activating group) is 1. The van der Waals surface area contributed by atoms with E-state index >= 15 is 0 Å². The SMILES string of the molecule is CCn1cc(C2C(CN)OCCN2C)cn1. The Bertz CT molecular complexity index is 338. The molecular weight excluding hydrogens is 204 g/mol. The molecule has 2 heterocycles. The van der Waals surface area contributed by atoms with Crippen molar-refractivity contribution in [2.24, 2.45) is 5.73 Å². The monoisotopic (exact) mass is 224 g/mol. The van der Waals surface area contributed by atoms with Gasteiger partial charge in [-0.25, -0.2) is 0 Å². The van der Waals surface area contributed by atoms with Crippen LogP contribution in [0.5, 0.6) is 0 Å². The molecule has 1 fully saturated rings. The molecule has 1 aromatic rings. The maximum atomic E-state index is 5.75. The Balaban J connectivity index is 2.20. The highest BCUT2D eigenvalue weighted by atomic mass is 16.5. The Hall–Kier alpha value is -0.910. The summed E-state index contributed by atoms with van der Waals surface area (Å²) in [4.78, 5) is 2.29. The van der Waals surface area contributed by atoms with Crippen LogP contribution in [-0.2, 0) is 11.3 Å². The van der Waals surface area contributed by atoms with E-state index < -0.39 is 0 Å². The molecule has 16 heavy (non-hydrogen) atoms. The zero-order chi connectivity index (χ0) is 11.5. The van der Waals surface area contributed by atoms with Gasteiger partial charge in [-0.05, 0) is 14.0 Å². The standard InChI is InChI=1S/C11H20N4O/c1-3-15-8-9(7-13-15)11-10(6-12)16-5-4-14(11)2/h7-8,10-11H,3-6,12H2,1-2H3. The zero-order valence-electron chi connectivity index (χ0n) is 9.97. The number of rotatable bonds is 3. The second-order valence-electron chi connectivity index (χ2n) is 4.20. The zero-order valence-corrected chi connectivity index (χ0v) is 9.97. The fourth-order valence-corrected chi connectivity index (χ4v) is 2.23. The molecule has 1 aliphatic rings. The van der Waals surface area contributed by atoms with Crippen LogP contribution in [0.15, 0.2) is 12.4 Å². The van der Waals surface area contributed by atoms with Crippen molar-refractivity contribution in [3.63, 3.8) is 0 Å². The van der Waals surface area contributed by atoms with Gasteiger partial charge in [-0.2, -0.15) is 5.10 Å². The van der Waals surface area contributed by atoms with Crippen molar-refractivity contribution >= 4 is 0 Å². The molecule has 2 rings (SSSR count). The Labute approximate surface area is 96.2 Å². The average Bonchev–Trinajstić information content (AvgIpc) is 2.76. The van der Waals surface area contributed by atoms with Gasteiger partial charge < -0.3 is 10.5 Å². The lowest BCUT2D eigenvalue weighted by Gasteiger charge is -2.38. The van der Waals surface area contributed by atoms with Gasteiger partial charge in [-0.15, -0.1) is 0 Å². The van der Waals surface area contributed by atoms with Gasteiger partial charge in [0.25, 0.3) is 0 Å². The van der Waals surface area contributed by atoms with Crippen LogP contribution in [0, 0.1) is 0 Å². The lowest BCUT2D eigenvalue weighted by Crippen LogP contribution is -2.46. The predicted molar refractivity (Wildman–Crippen MR) is 62.1 cm³/mol. The van der Waals surface area contributed by atoms with Crippen molar-refractivity contribution in [3.8, 4) is 0 Å². The molecule has 5 nitrogen and oxygen atoms in total. The highest BCUT2D eigenvalue weighted by molar-refractivity contribution is 5.13. The minimum atomic E-state index is 0.0771. The van der Waals surface area contributed by atoms with Crippen LogP contribution in [0.25, 0.3) is 0 Å². The second kappa shape index (κ2) is 4.95. The van der Waals surface area contributed by atoms with Gasteiger partial charge in [0.2, 0.25) is 0 Å². The number of morpholine rings is 1. The smallest absolute Gasteiger partial charge is 0.0895 e. The minimum Gasteiger partial charge on any atom is -0.374 e. The summed E-state index contributed by atoms with van der Waals surface area (Å²) in [6.45, 7) is 5.23. The Kier molecular flexibility index (Phi) is 3.58. The summed E-state index contributed by atoms with van der Waals surface area (Å²) in [7, 11) is 2.11. The molecule has 5 heteroatoms. The number of hydrogen-bond acceptors (Lipinski definition) is 4. The molecule has 2 unspecified atom stereocenters. The third-order valence-electron chi connectivity index (χ3n) is 3.15. The molecule has 0 radical (unpaired) electrons. The molecule has 1 saturated heterocycles. The van der Waals surface area contributed by atoms with Crippen molar-refractivity contribution < 1.29 is 4.74 Å². The van der Waals surface area contributed by atoms with E-state index in [-0.39, 0.29) is 12.1 Å². The van der Waals surface area contributed by atoms with E-state index in [2.05, 4.69) is 30.2 Å². The quantitative estimate of drug-likeness (QED) is 0.798. The first-order chi connectivity index (χ1) is 7.76. The molecule has 0 spiro atoms. The molecule has 0 amide bonds. The lowest BCUT2D eigenvalue weighted by atomic mass is 10.0.